The largest absolute Gasteiger partial charge is 0.351 e. The molecule has 2 amide bonds. The van der Waals surface area contributed by atoms with E-state index in [0.717, 1.165) is 60.3 Å². The number of hydrogen-bond donors (Lipinski definition) is 1. The van der Waals surface area contributed by atoms with Gasteiger partial charge < -0.3 is 14.8 Å². The van der Waals surface area contributed by atoms with Gasteiger partial charge in [0.1, 0.15) is 12.4 Å². The highest BCUT2D eigenvalue weighted by molar-refractivity contribution is 7.12. The van der Waals surface area contributed by atoms with Gasteiger partial charge in [0.15, 0.2) is 0 Å². The second-order valence-electron chi connectivity index (χ2n) is 10.4. The molecule has 0 bridgehead atoms. The molecule has 7 heteroatoms. The van der Waals surface area contributed by atoms with Crippen LogP contribution in [0.2, 0.25) is 0 Å². The standard InChI is InChI=1S/C32H38N4O2S/c37-31(35(26-15-6-2-7-16-26)23-25-13-4-1-5-14-25)24-36-28-18-10-9-17-27(28)34-30(36)20-8-3-11-21-33-32(38)29-19-12-22-39-29/h1,4-5,9-10,12-14,17-19,22,26H,2-3,6-8,11,15-16,20-21,23-24H2,(H,33,38). The summed E-state index contributed by atoms with van der Waals surface area (Å²) in [5.74, 6) is 1.14. The zero-order valence-corrected chi connectivity index (χ0v) is 23.4. The zero-order valence-electron chi connectivity index (χ0n) is 22.6. The summed E-state index contributed by atoms with van der Waals surface area (Å²) < 4.78 is 2.14. The van der Waals surface area contributed by atoms with Gasteiger partial charge in [-0.1, -0.05) is 74.2 Å². The van der Waals surface area contributed by atoms with Gasteiger partial charge in [-0.25, -0.2) is 4.98 Å². The number of benzene rings is 2. The number of amides is 2. The van der Waals surface area contributed by atoms with Crippen LogP contribution >= 0.6 is 11.3 Å². The molecule has 0 spiro atoms. The molecule has 1 saturated carbocycles. The number of carbonyl (C=O) groups excluding carboxylic acids is 2. The molecule has 4 aromatic rings. The lowest BCUT2D eigenvalue weighted by molar-refractivity contribution is -0.135. The zero-order chi connectivity index (χ0) is 26.9. The van der Waals surface area contributed by atoms with E-state index in [2.05, 4.69) is 33.0 Å². The molecule has 0 saturated heterocycles. The lowest BCUT2D eigenvalue weighted by Gasteiger charge is -2.35. The van der Waals surface area contributed by atoms with Crippen molar-refractivity contribution in [3.05, 3.63) is 88.4 Å². The summed E-state index contributed by atoms with van der Waals surface area (Å²) >= 11 is 1.46. The number of thiophene rings is 1. The average molecular weight is 543 g/mol. The normalized spacial score (nSPS) is 13.9. The van der Waals surface area contributed by atoms with Crippen molar-refractivity contribution < 1.29 is 9.59 Å². The van der Waals surface area contributed by atoms with E-state index in [1.165, 1.54) is 36.2 Å². The van der Waals surface area contributed by atoms with Crippen LogP contribution in [0.1, 0.15) is 72.4 Å². The molecule has 2 aromatic heterocycles. The van der Waals surface area contributed by atoms with Crippen LogP contribution in [0.15, 0.2) is 72.1 Å². The Labute approximate surface area is 235 Å². The third-order valence-electron chi connectivity index (χ3n) is 7.67. The number of rotatable bonds is 12. The van der Waals surface area contributed by atoms with Crippen molar-refractivity contribution in [1.29, 1.82) is 0 Å². The van der Waals surface area contributed by atoms with Crippen LogP contribution in [0, 0.1) is 0 Å². The lowest BCUT2D eigenvalue weighted by Crippen LogP contribution is -2.42. The monoisotopic (exact) mass is 542 g/mol. The van der Waals surface area contributed by atoms with Crippen LogP contribution in [-0.2, 0) is 24.3 Å². The van der Waals surface area contributed by atoms with Crippen LogP contribution in [0.25, 0.3) is 11.0 Å². The summed E-state index contributed by atoms with van der Waals surface area (Å²) in [7, 11) is 0. The molecule has 1 fully saturated rings. The van der Waals surface area contributed by atoms with Gasteiger partial charge in [-0.05, 0) is 54.8 Å². The second-order valence-corrected chi connectivity index (χ2v) is 11.4. The summed E-state index contributed by atoms with van der Waals surface area (Å²) in [6.45, 7) is 1.64. The Bertz CT molecular complexity index is 1340. The van der Waals surface area contributed by atoms with Crippen molar-refractivity contribution in [2.24, 2.45) is 0 Å². The first-order valence-corrected chi connectivity index (χ1v) is 15.2. The molecule has 1 aliphatic rings. The maximum atomic E-state index is 13.9. The van der Waals surface area contributed by atoms with E-state index in [9.17, 15) is 9.59 Å². The smallest absolute Gasteiger partial charge is 0.261 e. The van der Waals surface area contributed by atoms with Gasteiger partial charge in [0.05, 0.1) is 15.9 Å². The van der Waals surface area contributed by atoms with Crippen molar-refractivity contribution >= 4 is 34.2 Å². The number of aryl methyl sites for hydroxylation is 1. The van der Waals surface area contributed by atoms with E-state index >= 15 is 0 Å². The van der Waals surface area contributed by atoms with Crippen molar-refractivity contribution in [1.82, 2.24) is 19.8 Å². The predicted octanol–water partition coefficient (Wildman–Crippen LogP) is 6.60. The highest BCUT2D eigenvalue weighted by Crippen LogP contribution is 2.26. The molecular formula is C32H38N4O2S. The third-order valence-corrected chi connectivity index (χ3v) is 8.53. The highest BCUT2D eigenvalue weighted by atomic mass is 32.1. The summed E-state index contributed by atoms with van der Waals surface area (Å²) in [4.78, 5) is 33.9. The Morgan fingerprint density at radius 3 is 2.51 bits per heavy atom. The Morgan fingerprint density at radius 2 is 1.72 bits per heavy atom. The van der Waals surface area contributed by atoms with Gasteiger partial charge in [-0.2, -0.15) is 0 Å². The third kappa shape index (κ3) is 7.15. The van der Waals surface area contributed by atoms with Gasteiger partial charge in [0.25, 0.3) is 5.91 Å². The summed E-state index contributed by atoms with van der Waals surface area (Å²) in [5.41, 5.74) is 3.14. The van der Waals surface area contributed by atoms with Crippen LogP contribution in [0.5, 0.6) is 0 Å². The number of fused-ring (bicyclic) bond motifs is 1. The number of nitrogens with zero attached hydrogens (tertiary/aromatic N) is 3. The molecule has 0 atom stereocenters. The molecule has 5 rings (SSSR count). The van der Waals surface area contributed by atoms with Crippen molar-refractivity contribution in [3.8, 4) is 0 Å². The van der Waals surface area contributed by atoms with Crippen LogP contribution in [0.3, 0.4) is 0 Å². The minimum atomic E-state index is 0.00308. The Hall–Kier alpha value is -3.45. The number of carbonyl (C=O) groups is 2. The number of unbranched alkanes of at least 4 members (excludes halogenated alkanes) is 2. The van der Waals surface area contributed by atoms with Gasteiger partial charge in [-0.3, -0.25) is 9.59 Å². The number of aromatic nitrogens is 2. The average Bonchev–Trinajstić information content (AvgIpc) is 3.63. The number of para-hydroxylation sites is 2. The summed E-state index contributed by atoms with van der Waals surface area (Å²) in [6, 6.07) is 22.5. The van der Waals surface area contributed by atoms with Crippen LogP contribution < -0.4 is 5.32 Å². The fourth-order valence-corrected chi connectivity index (χ4v) is 6.23. The minimum Gasteiger partial charge on any atom is -0.351 e. The Morgan fingerprint density at radius 1 is 0.923 bits per heavy atom. The molecule has 2 aromatic carbocycles. The lowest BCUT2D eigenvalue weighted by atomic mass is 9.93. The highest BCUT2D eigenvalue weighted by Gasteiger charge is 2.27. The summed E-state index contributed by atoms with van der Waals surface area (Å²) in [6.07, 6.45) is 9.49. The first-order chi connectivity index (χ1) is 19.2. The van der Waals surface area contributed by atoms with Crippen molar-refractivity contribution in [3.63, 3.8) is 0 Å². The van der Waals surface area contributed by atoms with Crippen molar-refractivity contribution in [2.45, 2.75) is 76.9 Å². The molecule has 0 unspecified atom stereocenters. The predicted molar refractivity (Wildman–Crippen MR) is 158 cm³/mol. The number of nitrogens with one attached hydrogen (secondary N) is 1. The fraction of sp³-hybridized carbons (Fsp3) is 0.406. The summed E-state index contributed by atoms with van der Waals surface area (Å²) in [5, 5.41) is 4.93. The second kappa shape index (κ2) is 13.6. The first-order valence-electron chi connectivity index (χ1n) is 14.3. The topological polar surface area (TPSA) is 67.2 Å². The molecule has 1 N–H and O–H groups in total. The maximum absolute atomic E-state index is 13.9. The minimum absolute atomic E-state index is 0.00308. The maximum Gasteiger partial charge on any atom is 0.261 e. The molecule has 0 aliphatic heterocycles. The van der Waals surface area contributed by atoms with Gasteiger partial charge in [0, 0.05) is 25.6 Å². The SMILES string of the molecule is O=C(NCCCCCc1nc2ccccc2n1CC(=O)N(Cc1ccccc1)C1CCCCC1)c1cccs1. The van der Waals surface area contributed by atoms with Crippen molar-refractivity contribution in [2.75, 3.05) is 6.54 Å². The van der Waals surface area contributed by atoms with Crippen LogP contribution in [0.4, 0.5) is 0 Å². The van der Waals surface area contributed by atoms with E-state index in [1.54, 1.807) is 0 Å². The van der Waals surface area contributed by atoms with Gasteiger partial charge >= 0.3 is 0 Å². The van der Waals surface area contributed by atoms with Crippen LogP contribution in [-0.4, -0.2) is 38.9 Å². The first kappa shape index (κ1) is 27.1. The molecule has 1 aliphatic carbocycles. The Balaban J connectivity index is 1.24. The van der Waals surface area contributed by atoms with E-state index in [4.69, 9.17) is 4.98 Å². The molecule has 2 heterocycles. The van der Waals surface area contributed by atoms with E-state index in [0.29, 0.717) is 25.7 Å². The fourth-order valence-electron chi connectivity index (χ4n) is 5.59. The Kier molecular flexibility index (Phi) is 9.43. The molecule has 204 valence electrons. The van der Waals surface area contributed by atoms with Gasteiger partial charge in [0.2, 0.25) is 5.91 Å². The van der Waals surface area contributed by atoms with E-state index < -0.39 is 0 Å². The molecule has 39 heavy (non-hydrogen) atoms. The van der Waals surface area contributed by atoms with E-state index in [-0.39, 0.29) is 11.8 Å². The quantitative estimate of drug-likeness (QED) is 0.205. The molecular weight excluding hydrogens is 504 g/mol. The molecule has 6 nitrogen and oxygen atoms in total. The molecule has 0 radical (unpaired) electrons. The number of hydrogen-bond acceptors (Lipinski definition) is 4. The van der Waals surface area contributed by atoms with E-state index in [1.807, 2.05) is 53.9 Å². The number of imidazole rings is 1. The van der Waals surface area contributed by atoms with Gasteiger partial charge in [-0.15, -0.1) is 11.3 Å².